The van der Waals surface area contributed by atoms with Crippen molar-refractivity contribution in [2.24, 2.45) is 0 Å². The van der Waals surface area contributed by atoms with Crippen LogP contribution in [-0.2, 0) is 6.54 Å². The van der Waals surface area contributed by atoms with Crippen LogP contribution in [0, 0.1) is 0 Å². The summed E-state index contributed by atoms with van der Waals surface area (Å²) in [4.78, 5) is 4.07. The molecular formula is C22H24N2O. The number of nitrogens with one attached hydrogen (secondary N) is 1. The maximum atomic E-state index is 6.13. The highest BCUT2D eigenvalue weighted by Gasteiger charge is 2.39. The quantitative estimate of drug-likeness (QED) is 0.817. The second kappa shape index (κ2) is 7.66. The summed E-state index contributed by atoms with van der Waals surface area (Å²) in [7, 11) is 0. The van der Waals surface area contributed by atoms with E-state index in [0.29, 0.717) is 18.6 Å². The van der Waals surface area contributed by atoms with E-state index in [-0.39, 0.29) is 0 Å². The van der Waals surface area contributed by atoms with E-state index in [2.05, 4.69) is 64.9 Å². The molecule has 0 amide bonds. The third-order valence-corrected chi connectivity index (χ3v) is 4.89. The van der Waals surface area contributed by atoms with E-state index >= 15 is 0 Å². The number of nitrogens with zero attached hydrogens (tertiary/aromatic N) is 1. The summed E-state index contributed by atoms with van der Waals surface area (Å²) in [6, 6.07) is 13.1. The predicted octanol–water partition coefficient (Wildman–Crippen LogP) is 4.38. The summed E-state index contributed by atoms with van der Waals surface area (Å²) >= 11 is 0. The van der Waals surface area contributed by atoms with Crippen LogP contribution in [-0.4, -0.2) is 17.6 Å². The molecule has 128 valence electrons. The molecule has 4 rings (SSSR count). The van der Waals surface area contributed by atoms with Gasteiger partial charge in [0.15, 0.2) is 0 Å². The van der Waals surface area contributed by atoms with Crippen LogP contribution < -0.4 is 10.1 Å². The van der Waals surface area contributed by atoms with Crippen LogP contribution in [0.4, 0.5) is 0 Å². The van der Waals surface area contributed by atoms with Gasteiger partial charge in [-0.15, -0.1) is 0 Å². The van der Waals surface area contributed by atoms with Gasteiger partial charge >= 0.3 is 0 Å². The molecule has 1 saturated carbocycles. The number of para-hydroxylation sites is 1. The van der Waals surface area contributed by atoms with E-state index in [4.69, 9.17) is 4.74 Å². The van der Waals surface area contributed by atoms with Crippen LogP contribution in [0.1, 0.15) is 36.3 Å². The van der Waals surface area contributed by atoms with Crippen molar-refractivity contribution in [1.29, 1.82) is 0 Å². The Hall–Kier alpha value is -2.39. The van der Waals surface area contributed by atoms with Crippen molar-refractivity contribution in [2.75, 3.05) is 6.61 Å². The van der Waals surface area contributed by atoms with Crippen molar-refractivity contribution in [1.82, 2.24) is 10.3 Å². The Balaban J connectivity index is 1.35. The fraction of sp³-hybridized carbons (Fsp3) is 0.318. The van der Waals surface area contributed by atoms with Crippen LogP contribution in [0.25, 0.3) is 0 Å². The Morgan fingerprint density at radius 1 is 1.08 bits per heavy atom. The van der Waals surface area contributed by atoms with Gasteiger partial charge in [-0.2, -0.15) is 0 Å². The zero-order valence-corrected chi connectivity index (χ0v) is 14.4. The monoisotopic (exact) mass is 332 g/mol. The molecule has 2 aliphatic rings. The van der Waals surface area contributed by atoms with Gasteiger partial charge in [-0.3, -0.25) is 4.98 Å². The van der Waals surface area contributed by atoms with Crippen molar-refractivity contribution < 1.29 is 4.74 Å². The van der Waals surface area contributed by atoms with Crippen molar-refractivity contribution in [3.8, 4) is 5.75 Å². The molecule has 1 N–H and O–H groups in total. The average Bonchev–Trinajstić information content (AvgIpc) is 3.46. The highest BCUT2D eigenvalue weighted by atomic mass is 16.5. The maximum absolute atomic E-state index is 6.13. The number of hydrogen-bond acceptors (Lipinski definition) is 3. The third kappa shape index (κ3) is 4.18. The molecular weight excluding hydrogens is 308 g/mol. The lowest BCUT2D eigenvalue weighted by molar-refractivity contribution is 0.350. The Morgan fingerprint density at radius 3 is 2.80 bits per heavy atom. The van der Waals surface area contributed by atoms with Crippen molar-refractivity contribution >= 4 is 0 Å². The normalized spacial score (nSPS) is 21.7. The predicted molar refractivity (Wildman–Crippen MR) is 101 cm³/mol. The van der Waals surface area contributed by atoms with Crippen molar-refractivity contribution in [3.63, 3.8) is 0 Å². The molecule has 1 aromatic carbocycles. The fourth-order valence-corrected chi connectivity index (χ4v) is 3.37. The molecule has 2 aromatic rings. The van der Waals surface area contributed by atoms with Gasteiger partial charge in [0.1, 0.15) is 12.4 Å². The maximum Gasteiger partial charge on any atom is 0.123 e. The lowest BCUT2D eigenvalue weighted by Crippen LogP contribution is -2.17. The summed E-state index contributed by atoms with van der Waals surface area (Å²) in [5, 5.41) is 3.65. The number of hydrogen-bond donors (Lipinski definition) is 1. The molecule has 0 radical (unpaired) electrons. The summed E-state index contributed by atoms with van der Waals surface area (Å²) < 4.78 is 6.13. The van der Waals surface area contributed by atoms with Gasteiger partial charge in [0.25, 0.3) is 0 Å². The lowest BCUT2D eigenvalue weighted by Gasteiger charge is -2.13. The number of ether oxygens (including phenoxy) is 1. The third-order valence-electron chi connectivity index (χ3n) is 4.89. The highest BCUT2D eigenvalue weighted by molar-refractivity contribution is 5.41. The molecule has 3 nitrogen and oxygen atoms in total. The second-order valence-corrected chi connectivity index (χ2v) is 6.77. The van der Waals surface area contributed by atoms with Crippen molar-refractivity contribution in [2.45, 2.75) is 37.8 Å². The van der Waals surface area contributed by atoms with Gasteiger partial charge < -0.3 is 10.1 Å². The smallest absolute Gasteiger partial charge is 0.123 e. The molecule has 0 bridgehead atoms. The first-order chi connectivity index (χ1) is 12.4. The summed E-state index contributed by atoms with van der Waals surface area (Å²) in [6.45, 7) is 1.56. The van der Waals surface area contributed by atoms with Crippen LogP contribution in [0.15, 0.2) is 72.6 Å². The average molecular weight is 332 g/mol. The topological polar surface area (TPSA) is 34.1 Å². The zero-order valence-electron chi connectivity index (χ0n) is 14.4. The molecule has 25 heavy (non-hydrogen) atoms. The van der Waals surface area contributed by atoms with E-state index < -0.39 is 0 Å². The van der Waals surface area contributed by atoms with Gasteiger partial charge in [-0.25, -0.2) is 0 Å². The summed E-state index contributed by atoms with van der Waals surface area (Å²) in [5.74, 6) is 1.58. The standard InChI is InChI=1S/C22H24N2O/c1-2-6-18(7-3-1)16-25-22-9-5-4-8-19(22)20-14-21(20)24-15-17-10-12-23-13-11-17/h2,4-13,20-21,24H,1,3,14-16H2. The van der Waals surface area contributed by atoms with Crippen molar-refractivity contribution in [3.05, 3.63) is 83.7 Å². The molecule has 2 unspecified atom stereocenters. The first-order valence-electron chi connectivity index (χ1n) is 9.10. The van der Waals surface area contributed by atoms with Crippen LogP contribution in [0.5, 0.6) is 5.75 Å². The van der Waals surface area contributed by atoms with E-state index in [1.807, 2.05) is 12.4 Å². The summed E-state index contributed by atoms with van der Waals surface area (Å²) in [5.41, 5.74) is 3.89. The minimum Gasteiger partial charge on any atom is -0.489 e. The molecule has 2 atom stereocenters. The molecule has 3 heteroatoms. The first kappa shape index (κ1) is 16.1. The second-order valence-electron chi connectivity index (χ2n) is 6.77. The fourth-order valence-electron chi connectivity index (χ4n) is 3.37. The number of allylic oxidation sites excluding steroid dienone is 2. The molecule has 2 aliphatic carbocycles. The molecule has 1 heterocycles. The lowest BCUT2D eigenvalue weighted by atomic mass is 10.1. The van der Waals surface area contributed by atoms with Gasteiger partial charge in [0.05, 0.1) is 0 Å². The number of rotatable bonds is 7. The van der Waals surface area contributed by atoms with Gasteiger partial charge in [0.2, 0.25) is 0 Å². The Labute approximate surface area is 149 Å². The van der Waals surface area contributed by atoms with Gasteiger partial charge in [0, 0.05) is 30.9 Å². The van der Waals surface area contributed by atoms with E-state index in [1.54, 1.807) is 0 Å². The Bertz CT molecular complexity index is 767. The van der Waals surface area contributed by atoms with Gasteiger partial charge in [-0.1, -0.05) is 36.4 Å². The number of benzene rings is 1. The van der Waals surface area contributed by atoms with Crippen LogP contribution >= 0.6 is 0 Å². The SMILES string of the molecule is C1=CC(COc2ccccc2C2CC2NCc2ccncc2)=CCC1. The van der Waals surface area contributed by atoms with Gasteiger partial charge in [-0.05, 0) is 54.2 Å². The molecule has 0 aliphatic heterocycles. The molecule has 0 saturated heterocycles. The largest absolute Gasteiger partial charge is 0.489 e. The molecule has 0 spiro atoms. The molecule has 1 aromatic heterocycles. The minimum atomic E-state index is 0.534. The van der Waals surface area contributed by atoms with E-state index in [1.165, 1.54) is 23.1 Å². The molecule has 1 fully saturated rings. The summed E-state index contributed by atoms with van der Waals surface area (Å²) in [6.07, 6.45) is 13.8. The number of aromatic nitrogens is 1. The number of pyridine rings is 1. The Morgan fingerprint density at radius 2 is 1.96 bits per heavy atom. The van der Waals surface area contributed by atoms with Crippen LogP contribution in [0.3, 0.4) is 0 Å². The Kier molecular flexibility index (Phi) is 4.93. The van der Waals surface area contributed by atoms with E-state index in [0.717, 1.165) is 25.1 Å². The van der Waals surface area contributed by atoms with E-state index in [9.17, 15) is 0 Å². The highest BCUT2D eigenvalue weighted by Crippen LogP contribution is 2.44. The first-order valence-corrected chi connectivity index (χ1v) is 9.10. The van der Waals surface area contributed by atoms with Crippen LogP contribution in [0.2, 0.25) is 0 Å². The zero-order chi connectivity index (χ0) is 16.9. The minimum absolute atomic E-state index is 0.534.